The summed E-state index contributed by atoms with van der Waals surface area (Å²) in [5.74, 6) is -7.22. The highest BCUT2D eigenvalue weighted by molar-refractivity contribution is 7.91. The highest BCUT2D eigenvalue weighted by atomic mass is 32.2. The van der Waals surface area contributed by atoms with Crippen LogP contribution in [0.25, 0.3) is 11.1 Å². The minimum atomic E-state index is -3.78. The van der Waals surface area contributed by atoms with E-state index in [-0.39, 0.29) is 105 Å². The molecule has 130 heavy (non-hydrogen) atoms. The molecule has 2 aromatic carbocycles. The van der Waals surface area contributed by atoms with Crippen molar-refractivity contribution in [2.45, 2.75) is 211 Å². The Kier molecular flexibility index (Phi) is 46.4. The average Bonchev–Trinajstić information content (AvgIpc) is 0.867. The number of nitrogen functional groups attached to an aromatic ring is 1. The number of sulfone groups is 1. The van der Waals surface area contributed by atoms with Crippen molar-refractivity contribution in [3.63, 3.8) is 0 Å². The number of pyridine rings is 1. The molecule has 5 aliphatic rings. The highest BCUT2D eigenvalue weighted by Gasteiger charge is 2.53. The highest BCUT2D eigenvalue weighted by Crippen LogP contribution is 2.40. The first-order chi connectivity index (χ1) is 62.5. The van der Waals surface area contributed by atoms with E-state index in [1.165, 1.54) is 30.2 Å². The Morgan fingerprint density at radius 1 is 0.662 bits per heavy atom. The molecule has 33 nitrogen and oxygen atoms in total. The third-order valence-electron chi connectivity index (χ3n) is 24.7. The van der Waals surface area contributed by atoms with E-state index in [0.29, 0.717) is 198 Å². The number of amides is 4. The lowest BCUT2D eigenvalue weighted by Gasteiger charge is -2.43. The third kappa shape index (κ3) is 34.2. The fourth-order valence-electron chi connectivity index (χ4n) is 17.0. The Morgan fingerprint density at radius 3 is 1.93 bits per heavy atom. The second-order valence-electron chi connectivity index (χ2n) is 34.5. The van der Waals surface area contributed by atoms with Gasteiger partial charge in [0.25, 0.3) is 17.6 Å². The van der Waals surface area contributed by atoms with E-state index in [0.717, 1.165) is 22.3 Å². The van der Waals surface area contributed by atoms with Crippen LogP contribution in [0.5, 0.6) is 5.75 Å². The van der Waals surface area contributed by atoms with Crippen molar-refractivity contribution >= 4 is 57.0 Å². The van der Waals surface area contributed by atoms with Crippen molar-refractivity contribution in [1.82, 2.24) is 25.4 Å². The van der Waals surface area contributed by atoms with Crippen molar-refractivity contribution in [1.29, 1.82) is 0 Å². The first-order valence-corrected chi connectivity index (χ1v) is 47.6. The van der Waals surface area contributed by atoms with Gasteiger partial charge in [0, 0.05) is 115 Å². The molecule has 5 heterocycles. The Bertz CT molecular complexity index is 4260. The zero-order valence-electron chi connectivity index (χ0n) is 78.2. The number of hydrogen-bond acceptors (Lipinski definition) is 29. The van der Waals surface area contributed by atoms with E-state index in [1.54, 1.807) is 59.3 Å². The van der Waals surface area contributed by atoms with Gasteiger partial charge in [-0.2, -0.15) is 0 Å². The second-order valence-corrected chi connectivity index (χ2v) is 36.6. The number of aryl methyl sites for hydroxylation is 1. The van der Waals surface area contributed by atoms with Gasteiger partial charge >= 0.3 is 12.1 Å². The molecular formula is C96H144N6O27S. The van der Waals surface area contributed by atoms with Gasteiger partial charge in [0.2, 0.25) is 11.7 Å². The predicted octanol–water partition coefficient (Wildman–Crippen LogP) is 9.46. The molecule has 3 aromatic rings. The molecule has 1 aliphatic carbocycles. The summed E-state index contributed by atoms with van der Waals surface area (Å²) < 4.78 is 120. The number of nitrogens with two attached hydrogens (primary N) is 1. The number of methoxy groups -OCH3 is 4. The molecule has 2 bridgehead atoms. The summed E-state index contributed by atoms with van der Waals surface area (Å²) in [5, 5.41) is 29.4. The number of alkyl carbamates (subject to hydrolysis) is 1. The number of cyclic esters (lactones) is 1. The van der Waals surface area contributed by atoms with Crippen molar-refractivity contribution in [3.8, 4) is 16.9 Å². The lowest BCUT2D eigenvalue weighted by atomic mass is 9.78. The normalized spacial score (nSPS) is 27.2. The molecule has 726 valence electrons. The average molecular weight is 1850 g/mol. The smallest absolute Gasteiger partial charge is 0.407 e. The SMILES string of the molecule is CO[C@H]1C[C@@H]2CC[C@@H](C)[C@@](O)(O2)C(=O)C(=O)N2CCCCC2C(=O)O[C@H]([C@H](C)C[C@@H]2CC[C@@H](OC(=O)NCCOCCOCCOCCOCCOCCOCCOCCOCCC(=O)NCCS(=O)(=O)c3ccc(C(=O)N4CCOc5ccc(-c6ccc(N)nc6)cc5C4)c(C)c3)[C@H](OC)C2)C[C@@H](OC)C(C)/C=C(\C)[C@@H](O)[C@@H](OC)C(=O)C(C)C[C@H](C)/C=C/C=C/C=C/1C. The number of aromatic nitrogens is 1. The number of piperidine rings is 1. The fourth-order valence-corrected chi connectivity index (χ4v) is 18.2. The molecule has 1 saturated carbocycles. The summed E-state index contributed by atoms with van der Waals surface area (Å²) in [4.78, 5) is 105. The van der Waals surface area contributed by atoms with Gasteiger partial charge in [-0.3, -0.25) is 24.0 Å². The maximum atomic E-state index is 14.9. The minimum absolute atomic E-state index is 0.00468. The molecule has 3 fully saturated rings. The standard InChI is InChI=1S/C96H144N6O27S/c1-64-18-14-13-15-19-65(2)82(114-9)60-76-25-21-71(8)96(111,129-76)91(106)93(108)102-34-17-16-20-79(102)94(109)127-84(61-83(115-10)67(4)55-70(7)89(105)90(117-12)88(104)69(6)54-64)68(5)56-72-22-28-81(85(58-72)116-11)128-95(110)99-32-37-119-40-42-121-44-46-123-48-50-125-52-51-124-49-47-122-45-43-120-41-39-118-36-31-87(103)98-33-53-130(112,113)77-26-27-78(66(3)57-77)92(107)101-35-38-126-80-29-23-73(59-75(80)63-101)74-24-30-86(97)100-62-74/h13-15,18-19,23-24,26-27,29-30,55,57,59,62,64,67-69,71-72,76,79,81-85,89-90,105,111H,16-17,20-22,25,28,31-54,56,58,60-61,63H2,1-12H3,(H2,97,100)(H,98,103)(H,99,110)/b15-13+,18-14+,65-19+,70-55+/t64-,67?,68-,69?,71-,72+,76+,79?,81-,82+,83-,84+,85-,89-,90+,96-/m1/s1. The molecule has 0 radical (unpaired) electrons. The van der Waals surface area contributed by atoms with Crippen LogP contribution >= 0.6 is 0 Å². The van der Waals surface area contributed by atoms with Gasteiger partial charge < -0.3 is 112 Å². The third-order valence-corrected chi connectivity index (χ3v) is 26.4. The Morgan fingerprint density at radius 2 is 1.31 bits per heavy atom. The number of allylic oxidation sites excluding steroid dienone is 5. The number of hydrogen-bond donors (Lipinski definition) is 5. The number of nitrogens with zero attached hydrogens (tertiary/aromatic N) is 3. The second kappa shape index (κ2) is 56.2. The number of carbonyl (C=O) groups is 7. The van der Waals surface area contributed by atoms with E-state index in [9.17, 15) is 52.2 Å². The zero-order chi connectivity index (χ0) is 94.1. The quantitative estimate of drug-likeness (QED) is 0.0153. The van der Waals surface area contributed by atoms with E-state index in [1.807, 2.05) is 95.3 Å². The van der Waals surface area contributed by atoms with Gasteiger partial charge in [-0.15, -0.1) is 0 Å². The van der Waals surface area contributed by atoms with Crippen LogP contribution in [0.2, 0.25) is 0 Å². The number of Topliss-reactive ketones (excluding diaryl/α,β-unsaturated/α-hetero) is 2. The lowest BCUT2D eigenvalue weighted by molar-refractivity contribution is -0.265. The number of fused-ring (bicyclic) bond motifs is 4. The molecule has 8 rings (SSSR count). The number of esters is 1. The first kappa shape index (κ1) is 107. The van der Waals surface area contributed by atoms with Crippen LogP contribution in [0.3, 0.4) is 0 Å². The summed E-state index contributed by atoms with van der Waals surface area (Å²) in [7, 11) is 2.34. The lowest BCUT2D eigenvalue weighted by Crippen LogP contribution is -2.61. The Balaban J connectivity index is 0.649. The number of benzene rings is 2. The van der Waals surface area contributed by atoms with Crippen LogP contribution in [0.4, 0.5) is 10.6 Å². The van der Waals surface area contributed by atoms with Gasteiger partial charge in [-0.05, 0) is 167 Å². The maximum Gasteiger partial charge on any atom is 0.407 e. The molecule has 4 amide bonds. The molecule has 34 heteroatoms. The van der Waals surface area contributed by atoms with Crippen molar-refractivity contribution < 1.29 is 128 Å². The number of aliphatic hydroxyl groups excluding tert-OH is 1. The number of aliphatic hydroxyl groups is 2. The van der Waals surface area contributed by atoms with Gasteiger partial charge in [-0.25, -0.2) is 23.0 Å². The van der Waals surface area contributed by atoms with E-state index < -0.39 is 112 Å². The molecule has 3 unspecified atom stereocenters. The Hall–Kier alpha value is -8.01. The van der Waals surface area contributed by atoms with E-state index in [4.69, 9.17) is 81.5 Å². The van der Waals surface area contributed by atoms with Gasteiger partial charge in [0.1, 0.15) is 48.6 Å². The first-order valence-electron chi connectivity index (χ1n) is 45.9. The number of rotatable bonds is 41. The summed E-state index contributed by atoms with van der Waals surface area (Å²) in [6.07, 6.45) is 12.1. The number of ketones is 2. The van der Waals surface area contributed by atoms with Gasteiger partial charge in [-0.1, -0.05) is 77.1 Å². The predicted molar refractivity (Wildman–Crippen MR) is 485 cm³/mol. The van der Waals surface area contributed by atoms with Crippen LogP contribution in [0.1, 0.15) is 153 Å². The van der Waals surface area contributed by atoms with E-state index >= 15 is 0 Å². The molecule has 16 atom stereocenters. The summed E-state index contributed by atoms with van der Waals surface area (Å²) in [6.45, 7) is 21.1. The molecule has 4 aliphatic heterocycles. The Labute approximate surface area is 767 Å². The van der Waals surface area contributed by atoms with Crippen molar-refractivity contribution in [2.75, 3.05) is 178 Å². The fraction of sp³-hybridized carbons (Fsp3) is 0.667. The largest absolute Gasteiger partial charge is 0.491 e. The number of ether oxygens (including phenoxy) is 16. The molecule has 0 spiro atoms. The zero-order valence-corrected chi connectivity index (χ0v) is 79.0. The van der Waals surface area contributed by atoms with Crippen LogP contribution in [-0.4, -0.2) is 308 Å². The van der Waals surface area contributed by atoms with Crippen molar-refractivity contribution in [2.24, 2.45) is 35.5 Å². The molecular weight excluding hydrogens is 1700 g/mol. The van der Waals surface area contributed by atoms with Gasteiger partial charge in [0.05, 0.1) is 147 Å². The maximum absolute atomic E-state index is 14.9. The molecule has 2 saturated heterocycles. The van der Waals surface area contributed by atoms with Crippen LogP contribution in [-0.2, 0) is 111 Å². The van der Waals surface area contributed by atoms with E-state index in [2.05, 4.69) is 15.6 Å². The minimum Gasteiger partial charge on any atom is -0.491 e. The summed E-state index contributed by atoms with van der Waals surface area (Å²) in [6, 6.07) is 12.7. The van der Waals surface area contributed by atoms with Crippen LogP contribution < -0.4 is 21.1 Å². The summed E-state index contributed by atoms with van der Waals surface area (Å²) >= 11 is 0. The molecule has 1 aromatic heterocycles. The van der Waals surface area contributed by atoms with Gasteiger partial charge in [0.15, 0.2) is 15.6 Å². The monoisotopic (exact) mass is 1840 g/mol. The van der Waals surface area contributed by atoms with Crippen LogP contribution in [0.15, 0.2) is 107 Å². The number of anilines is 1. The van der Waals surface area contributed by atoms with Crippen molar-refractivity contribution in [3.05, 3.63) is 119 Å². The number of carbonyl (C=O) groups excluding carboxylic acids is 7. The van der Waals surface area contributed by atoms with Crippen LogP contribution in [0, 0.1) is 42.4 Å². The molecule has 6 N–H and O–H groups in total. The number of nitrogens with one attached hydrogen (secondary N) is 2. The summed E-state index contributed by atoms with van der Waals surface area (Å²) in [5.41, 5.74) is 10.6. The topological polar surface area (TPSA) is 411 Å².